The van der Waals surface area contributed by atoms with Gasteiger partial charge >= 0.3 is 17.8 Å². The first kappa shape index (κ1) is 18.2. The predicted octanol–water partition coefficient (Wildman–Crippen LogP) is 3.06. The third kappa shape index (κ3) is 4.67. The van der Waals surface area contributed by atoms with E-state index in [4.69, 9.17) is 4.74 Å². The van der Waals surface area contributed by atoms with Crippen molar-refractivity contribution in [1.82, 2.24) is 0 Å². The lowest BCUT2D eigenvalue weighted by Crippen LogP contribution is -2.29. The molecule has 2 rings (SSSR count). The lowest BCUT2D eigenvalue weighted by Gasteiger charge is -2.10. The van der Waals surface area contributed by atoms with Gasteiger partial charge in [-0.15, -0.1) is 0 Å². The number of carbonyl (C=O) groups is 3. The predicted molar refractivity (Wildman–Crippen MR) is 95.6 cm³/mol. The second-order valence-electron chi connectivity index (χ2n) is 5.45. The molecular weight excluding hydrogens is 320 g/mol. The number of aryl methyl sites for hydroxylation is 1. The molecule has 0 radical (unpaired) electrons. The topological polar surface area (TPSA) is 84.5 Å². The molecule has 2 aromatic carbocycles. The van der Waals surface area contributed by atoms with Crippen LogP contribution in [0, 0.1) is 13.8 Å². The van der Waals surface area contributed by atoms with Gasteiger partial charge in [-0.3, -0.25) is 9.59 Å². The lowest BCUT2D eigenvalue weighted by molar-refractivity contribution is -0.133. The van der Waals surface area contributed by atoms with Crippen LogP contribution in [0.3, 0.4) is 0 Å². The van der Waals surface area contributed by atoms with Gasteiger partial charge in [0.1, 0.15) is 0 Å². The van der Waals surface area contributed by atoms with Gasteiger partial charge in [0.05, 0.1) is 12.2 Å². The summed E-state index contributed by atoms with van der Waals surface area (Å²) in [6.45, 7) is 5.81. The molecule has 0 bridgehead atoms. The van der Waals surface area contributed by atoms with Crippen LogP contribution in [0.5, 0.6) is 0 Å². The molecule has 0 saturated carbocycles. The molecule has 0 saturated heterocycles. The van der Waals surface area contributed by atoms with Crippen molar-refractivity contribution < 1.29 is 19.1 Å². The number of esters is 1. The van der Waals surface area contributed by atoms with Crippen molar-refractivity contribution in [3.63, 3.8) is 0 Å². The SMILES string of the molecule is CCOC(=O)c1ccc(NC(=O)C(=O)Nc2cccc(C)c2C)cc1. The smallest absolute Gasteiger partial charge is 0.338 e. The van der Waals surface area contributed by atoms with Crippen molar-refractivity contribution >= 4 is 29.2 Å². The van der Waals surface area contributed by atoms with Gasteiger partial charge in [-0.1, -0.05) is 12.1 Å². The molecule has 130 valence electrons. The zero-order chi connectivity index (χ0) is 18.4. The first-order valence-corrected chi connectivity index (χ1v) is 7.88. The highest BCUT2D eigenvalue weighted by Crippen LogP contribution is 2.18. The molecule has 6 nitrogen and oxygen atoms in total. The number of hydrogen-bond donors (Lipinski definition) is 2. The van der Waals surface area contributed by atoms with Crippen molar-refractivity contribution in [3.05, 3.63) is 59.2 Å². The van der Waals surface area contributed by atoms with Crippen LogP contribution in [0.4, 0.5) is 11.4 Å². The van der Waals surface area contributed by atoms with Crippen LogP contribution in [0.1, 0.15) is 28.4 Å². The van der Waals surface area contributed by atoms with Gasteiger partial charge in [-0.2, -0.15) is 0 Å². The monoisotopic (exact) mass is 340 g/mol. The summed E-state index contributed by atoms with van der Waals surface area (Å²) in [6, 6.07) is 11.6. The van der Waals surface area contributed by atoms with Crippen molar-refractivity contribution in [2.24, 2.45) is 0 Å². The van der Waals surface area contributed by atoms with E-state index in [1.807, 2.05) is 26.0 Å². The van der Waals surface area contributed by atoms with Gasteiger partial charge in [0.2, 0.25) is 0 Å². The molecule has 25 heavy (non-hydrogen) atoms. The molecule has 0 heterocycles. The molecule has 6 heteroatoms. The summed E-state index contributed by atoms with van der Waals surface area (Å²) >= 11 is 0. The van der Waals surface area contributed by atoms with Gasteiger partial charge < -0.3 is 15.4 Å². The normalized spacial score (nSPS) is 10.0. The maximum Gasteiger partial charge on any atom is 0.338 e. The average molecular weight is 340 g/mol. The van der Waals surface area contributed by atoms with Crippen LogP contribution in [0.25, 0.3) is 0 Å². The summed E-state index contributed by atoms with van der Waals surface area (Å²) in [7, 11) is 0. The number of hydrogen-bond acceptors (Lipinski definition) is 4. The highest BCUT2D eigenvalue weighted by atomic mass is 16.5. The summed E-state index contributed by atoms with van der Waals surface area (Å²) < 4.78 is 4.88. The summed E-state index contributed by atoms with van der Waals surface area (Å²) in [5.74, 6) is -1.99. The second kappa shape index (κ2) is 8.10. The maximum absolute atomic E-state index is 12.0. The zero-order valence-electron chi connectivity index (χ0n) is 14.4. The van der Waals surface area contributed by atoms with Crippen molar-refractivity contribution in [1.29, 1.82) is 0 Å². The minimum atomic E-state index is -0.787. The third-order valence-electron chi connectivity index (χ3n) is 3.71. The van der Waals surface area contributed by atoms with E-state index in [2.05, 4.69) is 10.6 Å². The highest BCUT2D eigenvalue weighted by Gasteiger charge is 2.15. The van der Waals surface area contributed by atoms with Gasteiger partial charge in [0.15, 0.2) is 0 Å². The Labute approximate surface area is 146 Å². The van der Waals surface area contributed by atoms with Crippen LogP contribution in [-0.2, 0) is 14.3 Å². The summed E-state index contributed by atoms with van der Waals surface area (Å²) in [6.07, 6.45) is 0. The largest absolute Gasteiger partial charge is 0.462 e. The van der Waals surface area contributed by atoms with Crippen LogP contribution >= 0.6 is 0 Å². The number of nitrogens with one attached hydrogen (secondary N) is 2. The summed E-state index contributed by atoms with van der Waals surface area (Å²) in [5, 5.41) is 5.08. The maximum atomic E-state index is 12.0. The summed E-state index contributed by atoms with van der Waals surface area (Å²) in [4.78, 5) is 35.6. The fourth-order valence-electron chi connectivity index (χ4n) is 2.16. The van der Waals surface area contributed by atoms with Gasteiger partial charge in [0.25, 0.3) is 0 Å². The third-order valence-corrected chi connectivity index (χ3v) is 3.71. The Morgan fingerprint density at radius 3 is 2.20 bits per heavy atom. The number of benzene rings is 2. The summed E-state index contributed by atoms with van der Waals surface area (Å²) in [5.41, 5.74) is 3.31. The van der Waals surface area contributed by atoms with E-state index in [9.17, 15) is 14.4 Å². The van der Waals surface area contributed by atoms with E-state index < -0.39 is 17.8 Å². The molecule has 0 aliphatic heterocycles. The van der Waals surface area contributed by atoms with E-state index >= 15 is 0 Å². The molecule has 0 spiro atoms. The molecular formula is C19H20N2O4. The standard InChI is InChI=1S/C19H20N2O4/c1-4-25-19(24)14-8-10-15(11-9-14)20-17(22)18(23)21-16-7-5-6-12(2)13(16)3/h5-11H,4H2,1-3H3,(H,20,22)(H,21,23). The molecule has 0 unspecified atom stereocenters. The van der Waals surface area contributed by atoms with E-state index in [-0.39, 0.29) is 6.61 Å². The van der Waals surface area contributed by atoms with E-state index in [0.29, 0.717) is 16.9 Å². The zero-order valence-corrected chi connectivity index (χ0v) is 14.4. The van der Waals surface area contributed by atoms with E-state index in [1.54, 1.807) is 13.0 Å². The molecule has 0 fully saturated rings. The van der Waals surface area contributed by atoms with E-state index in [0.717, 1.165) is 11.1 Å². The molecule has 0 aromatic heterocycles. The van der Waals surface area contributed by atoms with Gasteiger partial charge in [-0.25, -0.2) is 4.79 Å². The highest BCUT2D eigenvalue weighted by molar-refractivity contribution is 6.43. The lowest BCUT2D eigenvalue weighted by atomic mass is 10.1. The van der Waals surface area contributed by atoms with Crippen LogP contribution < -0.4 is 10.6 Å². The molecule has 2 aromatic rings. The van der Waals surface area contributed by atoms with Crippen LogP contribution in [-0.4, -0.2) is 24.4 Å². The number of rotatable bonds is 4. The van der Waals surface area contributed by atoms with Crippen molar-refractivity contribution in [2.45, 2.75) is 20.8 Å². The van der Waals surface area contributed by atoms with E-state index in [1.165, 1.54) is 24.3 Å². The second-order valence-corrected chi connectivity index (χ2v) is 5.45. The minimum absolute atomic E-state index is 0.288. The Hall–Kier alpha value is -3.15. The Morgan fingerprint density at radius 2 is 1.56 bits per heavy atom. The van der Waals surface area contributed by atoms with Crippen molar-refractivity contribution in [2.75, 3.05) is 17.2 Å². The fourth-order valence-corrected chi connectivity index (χ4v) is 2.16. The molecule has 2 amide bonds. The van der Waals surface area contributed by atoms with Crippen LogP contribution in [0.15, 0.2) is 42.5 Å². The molecule has 0 aliphatic rings. The Bertz CT molecular complexity index is 798. The quantitative estimate of drug-likeness (QED) is 0.662. The molecule has 0 aliphatic carbocycles. The number of carbonyl (C=O) groups excluding carboxylic acids is 3. The number of amides is 2. The Morgan fingerprint density at radius 1 is 0.920 bits per heavy atom. The Balaban J connectivity index is 2.00. The first-order valence-electron chi connectivity index (χ1n) is 7.88. The van der Waals surface area contributed by atoms with Gasteiger partial charge in [0, 0.05) is 11.4 Å². The van der Waals surface area contributed by atoms with Crippen molar-refractivity contribution in [3.8, 4) is 0 Å². The average Bonchev–Trinajstić information content (AvgIpc) is 2.59. The number of anilines is 2. The Kier molecular flexibility index (Phi) is 5.89. The van der Waals surface area contributed by atoms with Crippen LogP contribution in [0.2, 0.25) is 0 Å². The molecule has 2 N–H and O–H groups in total. The van der Waals surface area contributed by atoms with Gasteiger partial charge in [-0.05, 0) is 62.2 Å². The number of ether oxygens (including phenoxy) is 1. The molecule has 0 atom stereocenters. The fraction of sp³-hybridized carbons (Fsp3) is 0.211. The first-order chi connectivity index (χ1) is 11.9. The minimum Gasteiger partial charge on any atom is -0.462 e.